The summed E-state index contributed by atoms with van der Waals surface area (Å²) in [5.74, 6) is -1.98. The van der Waals surface area contributed by atoms with Gasteiger partial charge in [-0.05, 0) is 36.8 Å². The van der Waals surface area contributed by atoms with Gasteiger partial charge in [-0.15, -0.1) is 0 Å². The lowest BCUT2D eigenvalue weighted by Crippen LogP contribution is -2.15. The molecule has 0 spiro atoms. The van der Waals surface area contributed by atoms with Crippen LogP contribution in [0.15, 0.2) is 30.3 Å². The van der Waals surface area contributed by atoms with Crippen LogP contribution in [-0.2, 0) is 0 Å². The average Bonchev–Trinajstić information content (AvgIpc) is 2.48. The van der Waals surface area contributed by atoms with Crippen LogP contribution in [-0.4, -0.2) is 13.0 Å². The maximum Gasteiger partial charge on any atom is 0.255 e. The number of carbonyl (C=O) groups is 1. The summed E-state index contributed by atoms with van der Waals surface area (Å²) in [6.45, 7) is 1.48. The summed E-state index contributed by atoms with van der Waals surface area (Å²) in [4.78, 5) is 12.1. The van der Waals surface area contributed by atoms with Crippen molar-refractivity contribution in [2.24, 2.45) is 0 Å². The lowest BCUT2D eigenvalue weighted by Gasteiger charge is -2.11. The number of nitrogens with one attached hydrogen (secondary N) is 1. The highest BCUT2D eigenvalue weighted by Crippen LogP contribution is 2.25. The zero-order chi connectivity index (χ0) is 15.6. The smallest absolute Gasteiger partial charge is 0.255 e. The molecule has 1 amide bonds. The number of anilines is 2. The van der Waals surface area contributed by atoms with E-state index in [1.165, 1.54) is 38.3 Å². The van der Waals surface area contributed by atoms with Gasteiger partial charge in [-0.2, -0.15) is 0 Å². The van der Waals surface area contributed by atoms with Gasteiger partial charge in [-0.25, -0.2) is 8.78 Å². The molecule has 0 atom stereocenters. The number of rotatable bonds is 3. The Morgan fingerprint density at radius 1 is 1.24 bits per heavy atom. The molecule has 0 aliphatic heterocycles. The number of nitrogens with two attached hydrogens (primary N) is 1. The van der Waals surface area contributed by atoms with E-state index in [4.69, 9.17) is 10.5 Å². The van der Waals surface area contributed by atoms with Crippen LogP contribution >= 0.6 is 0 Å². The Bertz CT molecular complexity index is 702. The molecule has 6 heteroatoms. The Kier molecular flexibility index (Phi) is 4.07. The van der Waals surface area contributed by atoms with Gasteiger partial charge in [0.25, 0.3) is 5.91 Å². The molecule has 0 aliphatic carbocycles. The fraction of sp³-hybridized carbons (Fsp3) is 0.133. The molecule has 21 heavy (non-hydrogen) atoms. The van der Waals surface area contributed by atoms with Gasteiger partial charge in [0, 0.05) is 5.56 Å². The summed E-state index contributed by atoms with van der Waals surface area (Å²) in [6, 6.07) is 6.72. The fourth-order valence-corrected chi connectivity index (χ4v) is 1.81. The first kappa shape index (κ1) is 14.8. The SMILES string of the molecule is COc1cc(C(=O)Nc2c(F)ccc(C)c2F)ccc1N. The molecule has 0 fully saturated rings. The van der Waals surface area contributed by atoms with Gasteiger partial charge < -0.3 is 15.8 Å². The maximum atomic E-state index is 13.8. The zero-order valence-corrected chi connectivity index (χ0v) is 11.5. The van der Waals surface area contributed by atoms with Crippen molar-refractivity contribution in [2.45, 2.75) is 6.92 Å². The molecule has 0 heterocycles. The van der Waals surface area contributed by atoms with Crippen molar-refractivity contribution >= 4 is 17.3 Å². The molecule has 0 aliphatic rings. The molecule has 0 saturated carbocycles. The van der Waals surface area contributed by atoms with Gasteiger partial charge in [-0.3, -0.25) is 4.79 Å². The van der Waals surface area contributed by atoms with Crippen molar-refractivity contribution in [3.63, 3.8) is 0 Å². The standard InChI is InChI=1S/C15H14F2N2O2/c1-8-3-5-10(16)14(13(8)17)19-15(20)9-4-6-11(18)12(7-9)21-2/h3-7H,18H2,1-2H3,(H,19,20). The van der Waals surface area contributed by atoms with Crippen molar-refractivity contribution in [3.8, 4) is 5.75 Å². The molecular weight excluding hydrogens is 278 g/mol. The van der Waals surface area contributed by atoms with Crippen molar-refractivity contribution in [1.82, 2.24) is 0 Å². The predicted molar refractivity (Wildman–Crippen MR) is 76.5 cm³/mol. The van der Waals surface area contributed by atoms with E-state index < -0.39 is 23.2 Å². The number of ether oxygens (including phenoxy) is 1. The second-order valence-corrected chi connectivity index (χ2v) is 4.46. The van der Waals surface area contributed by atoms with Gasteiger partial charge in [-0.1, -0.05) is 6.07 Å². The van der Waals surface area contributed by atoms with Crippen LogP contribution in [0.1, 0.15) is 15.9 Å². The quantitative estimate of drug-likeness (QED) is 0.854. The molecular formula is C15H14F2N2O2. The number of hydrogen-bond acceptors (Lipinski definition) is 3. The maximum absolute atomic E-state index is 13.8. The van der Waals surface area contributed by atoms with Crippen LogP contribution in [0.2, 0.25) is 0 Å². The second-order valence-electron chi connectivity index (χ2n) is 4.46. The molecule has 0 radical (unpaired) electrons. The molecule has 0 aromatic heterocycles. The van der Waals surface area contributed by atoms with Gasteiger partial charge in [0.05, 0.1) is 12.8 Å². The second kappa shape index (κ2) is 5.78. The van der Waals surface area contributed by atoms with E-state index in [9.17, 15) is 13.6 Å². The molecule has 0 saturated heterocycles. The third-order valence-corrected chi connectivity index (χ3v) is 3.02. The molecule has 0 bridgehead atoms. The Hall–Kier alpha value is -2.63. The van der Waals surface area contributed by atoms with Crippen LogP contribution in [0.25, 0.3) is 0 Å². The van der Waals surface area contributed by atoms with E-state index >= 15 is 0 Å². The highest BCUT2D eigenvalue weighted by molar-refractivity contribution is 6.05. The van der Waals surface area contributed by atoms with E-state index in [0.717, 1.165) is 6.07 Å². The molecule has 2 aromatic rings. The largest absolute Gasteiger partial charge is 0.495 e. The molecule has 3 N–H and O–H groups in total. The van der Waals surface area contributed by atoms with Crippen molar-refractivity contribution in [1.29, 1.82) is 0 Å². The topological polar surface area (TPSA) is 64.3 Å². The average molecular weight is 292 g/mol. The number of nitrogen functional groups attached to an aromatic ring is 1. The highest BCUT2D eigenvalue weighted by atomic mass is 19.1. The summed E-state index contributed by atoms with van der Waals surface area (Å²) in [7, 11) is 1.41. The van der Waals surface area contributed by atoms with Crippen LogP contribution in [0.4, 0.5) is 20.2 Å². The number of methoxy groups -OCH3 is 1. The van der Waals surface area contributed by atoms with Crippen LogP contribution in [0.3, 0.4) is 0 Å². The molecule has 110 valence electrons. The Labute approximate surface area is 120 Å². The number of carbonyl (C=O) groups excluding carboxylic acids is 1. The summed E-state index contributed by atoms with van der Waals surface area (Å²) in [6.07, 6.45) is 0. The highest BCUT2D eigenvalue weighted by Gasteiger charge is 2.16. The van der Waals surface area contributed by atoms with E-state index in [1.807, 2.05) is 0 Å². The first-order chi connectivity index (χ1) is 9.93. The molecule has 2 rings (SSSR count). The summed E-state index contributed by atoms with van der Waals surface area (Å²) in [5, 5.41) is 2.22. The van der Waals surface area contributed by atoms with Gasteiger partial charge in [0.15, 0.2) is 5.82 Å². The van der Waals surface area contributed by atoms with Crippen molar-refractivity contribution < 1.29 is 18.3 Å². The number of halogens is 2. The fourth-order valence-electron chi connectivity index (χ4n) is 1.81. The number of amides is 1. The number of hydrogen-bond donors (Lipinski definition) is 2. The monoisotopic (exact) mass is 292 g/mol. The molecule has 2 aromatic carbocycles. The third kappa shape index (κ3) is 2.94. The normalized spacial score (nSPS) is 10.3. The Morgan fingerprint density at radius 2 is 1.95 bits per heavy atom. The van der Waals surface area contributed by atoms with E-state index in [2.05, 4.69) is 5.32 Å². The minimum Gasteiger partial charge on any atom is -0.495 e. The van der Waals surface area contributed by atoms with Gasteiger partial charge in [0.2, 0.25) is 0 Å². The molecule has 0 unspecified atom stereocenters. The third-order valence-electron chi connectivity index (χ3n) is 3.02. The lowest BCUT2D eigenvalue weighted by molar-refractivity contribution is 0.102. The predicted octanol–water partition coefficient (Wildman–Crippen LogP) is 3.12. The van der Waals surface area contributed by atoms with Crippen LogP contribution < -0.4 is 15.8 Å². The lowest BCUT2D eigenvalue weighted by atomic mass is 10.1. The first-order valence-electron chi connectivity index (χ1n) is 6.13. The summed E-state index contributed by atoms with van der Waals surface area (Å²) < 4.78 is 32.5. The Morgan fingerprint density at radius 3 is 2.62 bits per heavy atom. The van der Waals surface area contributed by atoms with Crippen molar-refractivity contribution in [2.75, 3.05) is 18.2 Å². The van der Waals surface area contributed by atoms with Gasteiger partial charge >= 0.3 is 0 Å². The number of benzene rings is 2. The van der Waals surface area contributed by atoms with Gasteiger partial charge in [0.1, 0.15) is 17.3 Å². The Balaban J connectivity index is 2.33. The van der Waals surface area contributed by atoms with E-state index in [1.54, 1.807) is 0 Å². The van der Waals surface area contributed by atoms with E-state index in [0.29, 0.717) is 11.4 Å². The summed E-state index contributed by atoms with van der Waals surface area (Å²) in [5.41, 5.74) is 5.95. The number of aryl methyl sites for hydroxylation is 1. The summed E-state index contributed by atoms with van der Waals surface area (Å²) >= 11 is 0. The van der Waals surface area contributed by atoms with Crippen LogP contribution in [0.5, 0.6) is 5.75 Å². The van der Waals surface area contributed by atoms with Crippen LogP contribution in [0, 0.1) is 18.6 Å². The zero-order valence-electron chi connectivity index (χ0n) is 11.5. The molecule has 4 nitrogen and oxygen atoms in total. The van der Waals surface area contributed by atoms with E-state index in [-0.39, 0.29) is 11.1 Å². The first-order valence-corrected chi connectivity index (χ1v) is 6.13. The van der Waals surface area contributed by atoms with Crippen molar-refractivity contribution in [3.05, 3.63) is 53.1 Å². The minimum atomic E-state index is -0.839. The minimum absolute atomic E-state index is 0.182.